The maximum Gasteiger partial charge on any atom is 0.235 e. The van der Waals surface area contributed by atoms with Gasteiger partial charge in [-0.3, -0.25) is 0 Å². The fourth-order valence-electron chi connectivity index (χ4n) is 2.84. The molecule has 124 valence electrons. The lowest BCUT2D eigenvalue weighted by Crippen LogP contribution is -2.05. The molecule has 0 fully saturated rings. The summed E-state index contributed by atoms with van der Waals surface area (Å²) >= 11 is 0. The van der Waals surface area contributed by atoms with E-state index in [9.17, 15) is 0 Å². The molecule has 3 rings (SSSR count). The molecule has 0 radical (unpaired) electrons. The zero-order valence-corrected chi connectivity index (χ0v) is 14.2. The molecule has 0 saturated carbocycles. The van der Waals surface area contributed by atoms with Crippen molar-refractivity contribution in [1.82, 2.24) is 10.2 Å². The smallest absolute Gasteiger partial charge is 0.235 e. The van der Waals surface area contributed by atoms with Crippen molar-refractivity contribution in [3.63, 3.8) is 0 Å². The van der Waals surface area contributed by atoms with Crippen LogP contribution >= 0.6 is 0 Å². The number of aryl methyl sites for hydroxylation is 2. The summed E-state index contributed by atoms with van der Waals surface area (Å²) in [5, 5.41) is 11.8. The highest BCUT2D eigenvalue weighted by Crippen LogP contribution is 2.23. The first kappa shape index (κ1) is 16.2. The monoisotopic (exact) mass is 321 g/mol. The quantitative estimate of drug-likeness (QED) is 0.701. The Hall–Kier alpha value is -2.62. The second kappa shape index (κ2) is 7.77. The van der Waals surface area contributed by atoms with Crippen LogP contribution in [0.4, 0.5) is 5.69 Å². The van der Waals surface area contributed by atoms with Gasteiger partial charge >= 0.3 is 0 Å². The molecule has 0 aliphatic heterocycles. The lowest BCUT2D eigenvalue weighted by Gasteiger charge is -2.14. The molecular formula is C20H23N3O. The SMILES string of the molecule is CCc1cccc(CC)c1NCc1nnc(Cc2ccccc2)o1. The van der Waals surface area contributed by atoms with Gasteiger partial charge in [0.2, 0.25) is 11.8 Å². The lowest BCUT2D eigenvalue weighted by atomic mass is 10.0. The summed E-state index contributed by atoms with van der Waals surface area (Å²) in [4.78, 5) is 0. The zero-order valence-electron chi connectivity index (χ0n) is 14.2. The minimum atomic E-state index is 0.547. The first-order valence-corrected chi connectivity index (χ1v) is 8.50. The molecule has 0 aliphatic rings. The Morgan fingerprint density at radius 3 is 2.17 bits per heavy atom. The molecule has 0 amide bonds. The zero-order chi connectivity index (χ0) is 16.8. The van der Waals surface area contributed by atoms with Crippen molar-refractivity contribution in [2.75, 3.05) is 5.32 Å². The van der Waals surface area contributed by atoms with Crippen molar-refractivity contribution in [2.45, 2.75) is 39.7 Å². The maximum atomic E-state index is 5.77. The average molecular weight is 321 g/mol. The summed E-state index contributed by atoms with van der Waals surface area (Å²) in [5.41, 5.74) is 5.01. The molecule has 1 aromatic heterocycles. The van der Waals surface area contributed by atoms with Gasteiger partial charge in [0.1, 0.15) is 0 Å². The van der Waals surface area contributed by atoms with Gasteiger partial charge in [-0.25, -0.2) is 0 Å². The number of nitrogens with zero attached hydrogens (tertiary/aromatic N) is 2. The molecular weight excluding hydrogens is 298 g/mol. The van der Waals surface area contributed by atoms with E-state index in [2.05, 4.69) is 59.7 Å². The number of benzene rings is 2. The van der Waals surface area contributed by atoms with E-state index in [0.29, 0.717) is 24.7 Å². The molecule has 4 nitrogen and oxygen atoms in total. The number of anilines is 1. The summed E-state index contributed by atoms with van der Waals surface area (Å²) in [6.07, 6.45) is 2.66. The lowest BCUT2D eigenvalue weighted by molar-refractivity contribution is 0.464. The fourth-order valence-corrected chi connectivity index (χ4v) is 2.84. The highest BCUT2D eigenvalue weighted by Gasteiger charge is 2.10. The molecule has 0 unspecified atom stereocenters. The highest BCUT2D eigenvalue weighted by atomic mass is 16.4. The largest absolute Gasteiger partial charge is 0.423 e. The van der Waals surface area contributed by atoms with Gasteiger partial charge in [0.25, 0.3) is 0 Å². The Labute approximate surface area is 142 Å². The van der Waals surface area contributed by atoms with Gasteiger partial charge in [-0.15, -0.1) is 10.2 Å². The first-order valence-electron chi connectivity index (χ1n) is 8.50. The molecule has 24 heavy (non-hydrogen) atoms. The summed E-state index contributed by atoms with van der Waals surface area (Å²) in [5.74, 6) is 1.27. The van der Waals surface area contributed by atoms with E-state index in [4.69, 9.17) is 4.42 Å². The molecule has 0 bridgehead atoms. The number of hydrogen-bond donors (Lipinski definition) is 1. The van der Waals surface area contributed by atoms with Gasteiger partial charge in [-0.1, -0.05) is 62.4 Å². The molecule has 0 atom stereocenters. The molecule has 1 heterocycles. The molecule has 3 aromatic rings. The van der Waals surface area contributed by atoms with Crippen LogP contribution in [-0.4, -0.2) is 10.2 Å². The van der Waals surface area contributed by atoms with E-state index in [-0.39, 0.29) is 0 Å². The van der Waals surface area contributed by atoms with Gasteiger partial charge in [0, 0.05) is 5.69 Å². The van der Waals surface area contributed by atoms with Crippen LogP contribution in [0.1, 0.15) is 42.3 Å². The Morgan fingerprint density at radius 2 is 1.50 bits per heavy atom. The predicted molar refractivity (Wildman–Crippen MR) is 96.1 cm³/mol. The average Bonchev–Trinajstić information content (AvgIpc) is 3.07. The van der Waals surface area contributed by atoms with Crippen LogP contribution in [0.3, 0.4) is 0 Å². The molecule has 4 heteroatoms. The van der Waals surface area contributed by atoms with Crippen molar-refractivity contribution < 1.29 is 4.42 Å². The Morgan fingerprint density at radius 1 is 0.833 bits per heavy atom. The van der Waals surface area contributed by atoms with Crippen LogP contribution in [0.15, 0.2) is 52.9 Å². The number of nitrogens with one attached hydrogen (secondary N) is 1. The van der Waals surface area contributed by atoms with Gasteiger partial charge in [0.05, 0.1) is 13.0 Å². The van der Waals surface area contributed by atoms with E-state index < -0.39 is 0 Å². The summed E-state index contributed by atoms with van der Waals surface area (Å²) in [7, 11) is 0. The van der Waals surface area contributed by atoms with Crippen LogP contribution in [0.2, 0.25) is 0 Å². The fraction of sp³-hybridized carbons (Fsp3) is 0.300. The van der Waals surface area contributed by atoms with Crippen molar-refractivity contribution in [2.24, 2.45) is 0 Å². The highest BCUT2D eigenvalue weighted by molar-refractivity contribution is 5.57. The van der Waals surface area contributed by atoms with Gasteiger partial charge in [-0.2, -0.15) is 0 Å². The van der Waals surface area contributed by atoms with Crippen LogP contribution in [0.25, 0.3) is 0 Å². The standard InChI is InChI=1S/C20H23N3O/c1-3-16-11-8-12-17(4-2)20(16)21-14-19-23-22-18(24-19)13-15-9-6-5-7-10-15/h5-12,21H,3-4,13-14H2,1-2H3. The minimum absolute atomic E-state index is 0.547. The third-order valence-corrected chi connectivity index (χ3v) is 4.12. The van der Waals surface area contributed by atoms with Crippen molar-refractivity contribution >= 4 is 5.69 Å². The predicted octanol–water partition coefficient (Wildman–Crippen LogP) is 4.40. The minimum Gasteiger partial charge on any atom is -0.423 e. The number of hydrogen-bond acceptors (Lipinski definition) is 4. The molecule has 0 saturated heterocycles. The third-order valence-electron chi connectivity index (χ3n) is 4.12. The van der Waals surface area contributed by atoms with Crippen molar-refractivity contribution in [3.8, 4) is 0 Å². The van der Waals surface area contributed by atoms with Gasteiger partial charge in [-0.05, 0) is 29.5 Å². The van der Waals surface area contributed by atoms with E-state index in [1.54, 1.807) is 0 Å². The van der Waals surface area contributed by atoms with Crippen LogP contribution in [0, 0.1) is 0 Å². The topological polar surface area (TPSA) is 51.0 Å². The maximum absolute atomic E-state index is 5.77. The van der Waals surface area contributed by atoms with Gasteiger partial charge < -0.3 is 9.73 Å². The number of rotatable bonds is 7. The molecule has 1 N–H and O–H groups in total. The number of para-hydroxylation sites is 1. The van der Waals surface area contributed by atoms with E-state index in [1.165, 1.54) is 22.4 Å². The third kappa shape index (κ3) is 3.82. The summed E-state index contributed by atoms with van der Waals surface area (Å²) < 4.78 is 5.77. The van der Waals surface area contributed by atoms with Crippen LogP contribution in [0.5, 0.6) is 0 Å². The number of aromatic nitrogens is 2. The van der Waals surface area contributed by atoms with Gasteiger partial charge in [0.15, 0.2) is 0 Å². The Balaban J connectivity index is 1.68. The summed E-state index contributed by atoms with van der Waals surface area (Å²) in [6, 6.07) is 16.6. The molecule has 2 aromatic carbocycles. The molecule has 0 aliphatic carbocycles. The first-order chi connectivity index (χ1) is 11.8. The second-order valence-corrected chi connectivity index (χ2v) is 5.76. The van der Waals surface area contributed by atoms with Crippen LogP contribution in [-0.2, 0) is 25.8 Å². The second-order valence-electron chi connectivity index (χ2n) is 5.76. The van der Waals surface area contributed by atoms with E-state index in [0.717, 1.165) is 12.8 Å². The van der Waals surface area contributed by atoms with Crippen molar-refractivity contribution in [1.29, 1.82) is 0 Å². The van der Waals surface area contributed by atoms with Crippen molar-refractivity contribution in [3.05, 3.63) is 77.0 Å². The normalized spacial score (nSPS) is 10.8. The summed E-state index contributed by atoms with van der Waals surface area (Å²) in [6.45, 7) is 4.89. The Kier molecular flexibility index (Phi) is 5.26. The Bertz CT molecular complexity index is 758. The van der Waals surface area contributed by atoms with E-state index >= 15 is 0 Å². The molecule has 0 spiro atoms. The van der Waals surface area contributed by atoms with Crippen LogP contribution < -0.4 is 5.32 Å². The van der Waals surface area contributed by atoms with E-state index in [1.807, 2.05) is 18.2 Å².